The Bertz CT molecular complexity index is 1240. The lowest BCUT2D eigenvalue weighted by molar-refractivity contribution is -0.118. The molecule has 0 spiro atoms. The Hall–Kier alpha value is -3.51. The quantitative estimate of drug-likeness (QED) is 0.530. The maximum absolute atomic E-state index is 12.8. The second kappa shape index (κ2) is 8.88. The zero-order chi connectivity index (χ0) is 20.9. The van der Waals surface area contributed by atoms with E-state index in [-0.39, 0.29) is 18.2 Å². The first-order valence-electron chi connectivity index (χ1n) is 9.65. The number of aromatic nitrogens is 1. The lowest BCUT2D eigenvalue weighted by atomic mass is 10.0. The van der Waals surface area contributed by atoms with Crippen LogP contribution in [0.1, 0.15) is 28.4 Å². The number of nitrogens with zero attached hydrogens (tertiary/aromatic N) is 2. The molecule has 0 aliphatic carbocycles. The summed E-state index contributed by atoms with van der Waals surface area (Å²) in [6.07, 6.45) is 0.0802. The van der Waals surface area contributed by atoms with Crippen LogP contribution in [0, 0.1) is 0 Å². The minimum atomic E-state index is -0.463. The van der Waals surface area contributed by atoms with Crippen LogP contribution in [0.15, 0.2) is 89.9 Å². The number of carbonyl (C=O) groups is 2. The van der Waals surface area contributed by atoms with Gasteiger partial charge in [-0.3, -0.25) is 9.59 Å². The van der Waals surface area contributed by atoms with E-state index < -0.39 is 6.04 Å². The molecule has 0 aliphatic heterocycles. The highest BCUT2D eigenvalue weighted by Crippen LogP contribution is 2.19. The predicted molar refractivity (Wildman–Crippen MR) is 119 cm³/mol. The van der Waals surface area contributed by atoms with Gasteiger partial charge in [-0.15, -0.1) is 0 Å². The Morgan fingerprint density at radius 3 is 2.27 bits per heavy atom. The number of hydrogen-bond donors (Lipinski definition) is 1. The predicted octanol–water partition coefficient (Wildman–Crippen LogP) is 4.23. The third-order valence-electron chi connectivity index (χ3n) is 4.86. The standard InChI is InChI=1S/C24H21N3O2S/c1-27-20-14-8-9-15-21(20)30-24(27)26-22(28)16-19(17-10-4-2-5-11-17)25-23(29)18-12-6-3-7-13-18/h2-15,19H,16H2,1H3,(H,25,29)/t19-/m0/s1. The normalized spacial score (nSPS) is 12.6. The fraction of sp³-hybridized carbons (Fsp3) is 0.125. The summed E-state index contributed by atoms with van der Waals surface area (Å²) >= 11 is 1.47. The van der Waals surface area contributed by atoms with Crippen molar-refractivity contribution in [2.75, 3.05) is 0 Å². The average Bonchev–Trinajstić information content (AvgIpc) is 3.09. The number of aryl methyl sites for hydroxylation is 1. The molecular weight excluding hydrogens is 394 g/mol. The van der Waals surface area contributed by atoms with Crippen molar-refractivity contribution in [3.63, 3.8) is 0 Å². The second-order valence-electron chi connectivity index (χ2n) is 6.92. The van der Waals surface area contributed by atoms with E-state index in [4.69, 9.17) is 0 Å². The molecule has 4 rings (SSSR count). The molecule has 1 atom stereocenters. The Morgan fingerprint density at radius 1 is 0.933 bits per heavy atom. The van der Waals surface area contributed by atoms with E-state index in [0.717, 1.165) is 15.8 Å². The molecule has 0 aliphatic rings. The van der Waals surface area contributed by atoms with Crippen molar-refractivity contribution < 1.29 is 9.59 Å². The molecule has 1 aromatic heterocycles. The largest absolute Gasteiger partial charge is 0.345 e. The van der Waals surface area contributed by atoms with E-state index >= 15 is 0 Å². The van der Waals surface area contributed by atoms with Gasteiger partial charge in [0.15, 0.2) is 4.80 Å². The Balaban J connectivity index is 1.60. The summed E-state index contributed by atoms with van der Waals surface area (Å²) < 4.78 is 2.99. The van der Waals surface area contributed by atoms with Gasteiger partial charge in [0, 0.05) is 12.6 Å². The minimum Gasteiger partial charge on any atom is -0.345 e. The van der Waals surface area contributed by atoms with Crippen LogP contribution in [0.5, 0.6) is 0 Å². The third-order valence-corrected chi connectivity index (χ3v) is 5.97. The summed E-state index contributed by atoms with van der Waals surface area (Å²) in [6, 6.07) is 26.0. The third kappa shape index (κ3) is 4.39. The smallest absolute Gasteiger partial charge is 0.251 e. The van der Waals surface area contributed by atoms with Crippen LogP contribution in [-0.4, -0.2) is 16.4 Å². The van der Waals surface area contributed by atoms with E-state index in [0.29, 0.717) is 10.4 Å². The fourth-order valence-corrected chi connectivity index (χ4v) is 4.32. The zero-order valence-electron chi connectivity index (χ0n) is 16.5. The number of benzene rings is 3. The summed E-state index contributed by atoms with van der Waals surface area (Å²) in [5, 5.41) is 2.98. The van der Waals surface area contributed by atoms with Gasteiger partial charge in [0.25, 0.3) is 11.8 Å². The van der Waals surface area contributed by atoms with E-state index in [2.05, 4.69) is 10.3 Å². The number of fused-ring (bicyclic) bond motifs is 1. The zero-order valence-corrected chi connectivity index (χ0v) is 17.3. The van der Waals surface area contributed by atoms with Gasteiger partial charge in [0.2, 0.25) is 0 Å². The van der Waals surface area contributed by atoms with Crippen LogP contribution in [-0.2, 0) is 11.8 Å². The summed E-state index contributed by atoms with van der Waals surface area (Å²) in [7, 11) is 1.90. The van der Waals surface area contributed by atoms with Crippen molar-refractivity contribution in [1.29, 1.82) is 0 Å². The molecule has 5 nitrogen and oxygen atoms in total. The Morgan fingerprint density at radius 2 is 1.57 bits per heavy atom. The molecule has 4 aromatic rings. The molecule has 0 saturated heterocycles. The lowest BCUT2D eigenvalue weighted by Gasteiger charge is -2.18. The number of carbonyl (C=O) groups excluding carboxylic acids is 2. The molecule has 0 radical (unpaired) electrons. The number of para-hydroxylation sites is 1. The van der Waals surface area contributed by atoms with Crippen molar-refractivity contribution in [2.45, 2.75) is 12.5 Å². The molecule has 0 fully saturated rings. The van der Waals surface area contributed by atoms with E-state index in [1.807, 2.05) is 84.4 Å². The van der Waals surface area contributed by atoms with Crippen LogP contribution < -0.4 is 10.1 Å². The number of amides is 2. The van der Waals surface area contributed by atoms with Crippen molar-refractivity contribution in [3.8, 4) is 0 Å². The molecule has 3 aromatic carbocycles. The molecule has 0 saturated carbocycles. The molecule has 30 heavy (non-hydrogen) atoms. The van der Waals surface area contributed by atoms with Crippen molar-refractivity contribution in [3.05, 3.63) is 101 Å². The first-order valence-corrected chi connectivity index (χ1v) is 10.5. The minimum absolute atomic E-state index is 0.0802. The summed E-state index contributed by atoms with van der Waals surface area (Å²) in [6.45, 7) is 0. The van der Waals surface area contributed by atoms with Gasteiger partial charge in [0.05, 0.1) is 22.7 Å². The second-order valence-corrected chi connectivity index (χ2v) is 7.93. The van der Waals surface area contributed by atoms with Crippen molar-refractivity contribution in [1.82, 2.24) is 9.88 Å². The van der Waals surface area contributed by atoms with Gasteiger partial charge in [-0.25, -0.2) is 0 Å². The van der Waals surface area contributed by atoms with Gasteiger partial charge >= 0.3 is 0 Å². The maximum Gasteiger partial charge on any atom is 0.251 e. The van der Waals surface area contributed by atoms with Crippen LogP contribution in [0.3, 0.4) is 0 Å². The van der Waals surface area contributed by atoms with Crippen LogP contribution in [0.4, 0.5) is 0 Å². The fourth-order valence-electron chi connectivity index (χ4n) is 3.28. The molecule has 0 bridgehead atoms. The molecule has 0 unspecified atom stereocenters. The molecule has 1 heterocycles. The first kappa shape index (κ1) is 19.8. The summed E-state index contributed by atoms with van der Waals surface area (Å²) in [5.41, 5.74) is 2.45. The van der Waals surface area contributed by atoms with Gasteiger partial charge in [-0.2, -0.15) is 4.99 Å². The van der Waals surface area contributed by atoms with Crippen molar-refractivity contribution in [2.24, 2.45) is 12.0 Å². The Kier molecular flexibility index (Phi) is 5.86. The number of nitrogens with one attached hydrogen (secondary N) is 1. The number of hydrogen-bond acceptors (Lipinski definition) is 3. The molecule has 6 heteroatoms. The van der Waals surface area contributed by atoms with Gasteiger partial charge in [-0.1, -0.05) is 72.0 Å². The maximum atomic E-state index is 12.8. The highest BCUT2D eigenvalue weighted by molar-refractivity contribution is 7.16. The van der Waals surface area contributed by atoms with Gasteiger partial charge in [0.1, 0.15) is 0 Å². The number of thiazole rings is 1. The van der Waals surface area contributed by atoms with Crippen LogP contribution >= 0.6 is 11.3 Å². The van der Waals surface area contributed by atoms with Gasteiger partial charge in [-0.05, 0) is 29.8 Å². The van der Waals surface area contributed by atoms with Crippen molar-refractivity contribution >= 4 is 33.4 Å². The highest BCUT2D eigenvalue weighted by Gasteiger charge is 2.19. The van der Waals surface area contributed by atoms with E-state index in [1.54, 1.807) is 12.1 Å². The highest BCUT2D eigenvalue weighted by atomic mass is 32.1. The average molecular weight is 416 g/mol. The van der Waals surface area contributed by atoms with E-state index in [1.165, 1.54) is 11.3 Å². The molecule has 150 valence electrons. The topological polar surface area (TPSA) is 63.5 Å². The van der Waals surface area contributed by atoms with Gasteiger partial charge < -0.3 is 9.88 Å². The SMILES string of the molecule is Cn1c(=NC(=O)C[C@H](NC(=O)c2ccccc2)c2ccccc2)sc2ccccc21. The molecular formula is C24H21N3O2S. The monoisotopic (exact) mass is 415 g/mol. The molecule has 2 amide bonds. The number of rotatable bonds is 5. The van der Waals surface area contributed by atoms with E-state index in [9.17, 15) is 9.59 Å². The van der Waals surface area contributed by atoms with Crippen LogP contribution in [0.25, 0.3) is 10.2 Å². The lowest BCUT2D eigenvalue weighted by Crippen LogP contribution is -2.30. The first-order chi connectivity index (χ1) is 14.6. The molecule has 1 N–H and O–H groups in total. The summed E-state index contributed by atoms with van der Waals surface area (Å²) in [4.78, 5) is 30.5. The Labute approximate surface area is 178 Å². The van der Waals surface area contributed by atoms with Crippen LogP contribution in [0.2, 0.25) is 0 Å². The summed E-state index contributed by atoms with van der Waals surface area (Å²) in [5.74, 6) is -0.496.